The van der Waals surface area contributed by atoms with Crippen LogP contribution in [-0.2, 0) is 0 Å². The van der Waals surface area contributed by atoms with Gasteiger partial charge < -0.3 is 0 Å². The summed E-state index contributed by atoms with van der Waals surface area (Å²) in [6.07, 6.45) is 0. The molecule has 102 valence electrons. The third kappa shape index (κ3) is 2.25. The zero-order valence-electron chi connectivity index (χ0n) is 10.7. The van der Waals surface area contributed by atoms with Crippen LogP contribution in [0, 0.1) is 23.0 Å². The molecule has 0 bridgehead atoms. The number of hydrogen-bond donors (Lipinski definition) is 0. The van der Waals surface area contributed by atoms with Crippen LogP contribution in [0.4, 0.5) is 8.78 Å². The van der Waals surface area contributed by atoms with E-state index in [0.29, 0.717) is 5.56 Å². The molecule has 1 heterocycles. The van der Waals surface area contributed by atoms with Gasteiger partial charge in [-0.2, -0.15) is 5.26 Å². The van der Waals surface area contributed by atoms with E-state index in [1.807, 2.05) is 6.07 Å². The molecular weight excluding hydrogens is 274 g/mol. The molecule has 0 atom stereocenters. The molecule has 0 fully saturated rings. The Kier molecular flexibility index (Phi) is 3.16. The Bertz CT molecular complexity index is 849. The zero-order chi connectivity index (χ0) is 14.8. The van der Waals surface area contributed by atoms with Gasteiger partial charge in [-0.1, -0.05) is 29.5 Å². The second kappa shape index (κ2) is 5.13. The largest absolute Gasteiger partial charge is 0.208 e. The molecule has 6 heteroatoms. The average molecular weight is 282 g/mol. The smallest absolute Gasteiger partial charge is 0.191 e. The lowest BCUT2D eigenvalue weighted by molar-refractivity contribution is 0.607. The Morgan fingerprint density at radius 1 is 1.05 bits per heavy atom. The fourth-order valence-electron chi connectivity index (χ4n) is 2.04. The van der Waals surface area contributed by atoms with Crippen molar-refractivity contribution in [1.29, 1.82) is 5.26 Å². The van der Waals surface area contributed by atoms with Crippen LogP contribution in [0.2, 0.25) is 0 Å². The van der Waals surface area contributed by atoms with Crippen LogP contribution in [-0.4, -0.2) is 15.0 Å². The molecule has 4 nitrogen and oxygen atoms in total. The molecule has 0 spiro atoms. The highest BCUT2D eigenvalue weighted by atomic mass is 19.1. The van der Waals surface area contributed by atoms with Crippen LogP contribution in [0.5, 0.6) is 0 Å². The number of nitriles is 1. The van der Waals surface area contributed by atoms with Crippen molar-refractivity contribution >= 4 is 0 Å². The highest BCUT2D eigenvalue weighted by Crippen LogP contribution is 2.26. The number of aromatic nitrogens is 3. The van der Waals surface area contributed by atoms with Crippen molar-refractivity contribution in [3.8, 4) is 23.0 Å². The van der Waals surface area contributed by atoms with Crippen LogP contribution in [0.15, 0.2) is 48.5 Å². The summed E-state index contributed by atoms with van der Waals surface area (Å²) in [6.45, 7) is 0. The minimum absolute atomic E-state index is 0.00357. The fourth-order valence-corrected chi connectivity index (χ4v) is 2.04. The third-order valence-electron chi connectivity index (χ3n) is 2.95. The molecule has 0 saturated heterocycles. The molecule has 0 N–H and O–H groups in total. The molecule has 0 aliphatic rings. The quantitative estimate of drug-likeness (QED) is 0.725. The second-order valence-corrected chi connectivity index (χ2v) is 4.27. The van der Waals surface area contributed by atoms with Crippen molar-refractivity contribution in [2.45, 2.75) is 0 Å². The molecule has 0 radical (unpaired) electrons. The summed E-state index contributed by atoms with van der Waals surface area (Å²) < 4.78 is 28.5. The first-order chi connectivity index (χ1) is 10.2. The predicted octanol–water partition coefficient (Wildman–Crippen LogP) is 3.08. The molecule has 0 aliphatic heterocycles. The summed E-state index contributed by atoms with van der Waals surface area (Å²) in [5, 5.41) is 16.7. The molecule has 1 aromatic heterocycles. The van der Waals surface area contributed by atoms with Crippen LogP contribution in [0.1, 0.15) is 5.69 Å². The van der Waals surface area contributed by atoms with Crippen LogP contribution < -0.4 is 0 Å². The topological polar surface area (TPSA) is 54.5 Å². The van der Waals surface area contributed by atoms with E-state index >= 15 is 0 Å². The fraction of sp³-hybridized carbons (Fsp3) is 0. The van der Waals surface area contributed by atoms with Gasteiger partial charge in [0, 0.05) is 5.56 Å². The molecule has 3 rings (SSSR count). The summed E-state index contributed by atoms with van der Waals surface area (Å²) in [4.78, 5) is 0. The standard InChI is InChI=1S/C15H8F2N4/c16-11-5-3-4-10(8-11)15-13(9-18)19-20-21(15)14-7-2-1-6-12(14)17/h1-8H. The molecular formula is C15H8F2N4. The maximum atomic E-state index is 13.9. The molecule has 0 saturated carbocycles. The van der Waals surface area contributed by atoms with Gasteiger partial charge in [-0.05, 0) is 24.3 Å². The van der Waals surface area contributed by atoms with Crippen LogP contribution in [0.25, 0.3) is 16.9 Å². The normalized spacial score (nSPS) is 10.3. The maximum Gasteiger partial charge on any atom is 0.191 e. The summed E-state index contributed by atoms with van der Waals surface area (Å²) in [7, 11) is 0. The lowest BCUT2D eigenvalue weighted by atomic mass is 10.1. The van der Waals surface area contributed by atoms with Gasteiger partial charge in [0.2, 0.25) is 0 Å². The Balaban J connectivity index is 2.28. The summed E-state index contributed by atoms with van der Waals surface area (Å²) >= 11 is 0. The van der Waals surface area contributed by atoms with Gasteiger partial charge in [0.1, 0.15) is 29.1 Å². The highest BCUT2D eigenvalue weighted by molar-refractivity contribution is 5.67. The number of hydrogen-bond acceptors (Lipinski definition) is 3. The molecule has 0 amide bonds. The van der Waals surface area contributed by atoms with Crippen molar-refractivity contribution in [3.63, 3.8) is 0 Å². The monoisotopic (exact) mass is 282 g/mol. The van der Waals surface area contributed by atoms with Gasteiger partial charge in [0.15, 0.2) is 5.69 Å². The lowest BCUT2D eigenvalue weighted by Gasteiger charge is -2.07. The average Bonchev–Trinajstić information content (AvgIpc) is 2.91. The van der Waals surface area contributed by atoms with Gasteiger partial charge in [-0.15, -0.1) is 5.10 Å². The predicted molar refractivity (Wildman–Crippen MR) is 71.4 cm³/mol. The highest BCUT2D eigenvalue weighted by Gasteiger charge is 2.18. The number of nitrogens with zero attached hydrogens (tertiary/aromatic N) is 4. The first-order valence-corrected chi connectivity index (χ1v) is 6.07. The number of benzene rings is 2. The van der Waals surface area contributed by atoms with Crippen molar-refractivity contribution in [1.82, 2.24) is 15.0 Å². The van der Waals surface area contributed by atoms with Crippen molar-refractivity contribution < 1.29 is 8.78 Å². The molecule has 21 heavy (non-hydrogen) atoms. The number of rotatable bonds is 2. The first-order valence-electron chi connectivity index (χ1n) is 6.07. The van der Waals surface area contributed by atoms with Crippen LogP contribution in [0.3, 0.4) is 0 Å². The van der Waals surface area contributed by atoms with E-state index < -0.39 is 11.6 Å². The van der Waals surface area contributed by atoms with E-state index in [9.17, 15) is 8.78 Å². The van der Waals surface area contributed by atoms with E-state index in [1.54, 1.807) is 18.2 Å². The van der Waals surface area contributed by atoms with Gasteiger partial charge in [0.05, 0.1) is 0 Å². The third-order valence-corrected chi connectivity index (χ3v) is 2.95. The summed E-state index contributed by atoms with van der Waals surface area (Å²) in [5.74, 6) is -0.970. The molecule has 0 aliphatic carbocycles. The molecule has 3 aromatic rings. The number of para-hydroxylation sites is 1. The van der Waals surface area contributed by atoms with E-state index in [1.165, 1.54) is 35.0 Å². The Hall–Kier alpha value is -3.07. The lowest BCUT2D eigenvalue weighted by Crippen LogP contribution is -2.02. The van der Waals surface area contributed by atoms with Gasteiger partial charge in [0.25, 0.3) is 0 Å². The maximum absolute atomic E-state index is 13.9. The van der Waals surface area contributed by atoms with Crippen LogP contribution >= 0.6 is 0 Å². The van der Waals surface area contributed by atoms with E-state index in [2.05, 4.69) is 10.3 Å². The van der Waals surface area contributed by atoms with E-state index in [4.69, 9.17) is 5.26 Å². The second-order valence-electron chi connectivity index (χ2n) is 4.27. The number of halogens is 2. The SMILES string of the molecule is N#Cc1nnn(-c2ccccc2F)c1-c1cccc(F)c1. The minimum atomic E-state index is -0.510. The Labute approximate surface area is 118 Å². The van der Waals surface area contributed by atoms with Crippen molar-refractivity contribution in [3.05, 3.63) is 65.9 Å². The van der Waals surface area contributed by atoms with Gasteiger partial charge >= 0.3 is 0 Å². The zero-order valence-corrected chi connectivity index (χ0v) is 10.7. The molecule has 0 unspecified atom stereocenters. The minimum Gasteiger partial charge on any atom is -0.208 e. The van der Waals surface area contributed by atoms with E-state index in [-0.39, 0.29) is 17.1 Å². The van der Waals surface area contributed by atoms with Crippen molar-refractivity contribution in [2.24, 2.45) is 0 Å². The van der Waals surface area contributed by atoms with Crippen molar-refractivity contribution in [2.75, 3.05) is 0 Å². The Morgan fingerprint density at radius 2 is 1.86 bits per heavy atom. The van der Waals surface area contributed by atoms with E-state index in [0.717, 1.165) is 0 Å². The summed E-state index contributed by atoms with van der Waals surface area (Å²) in [5.41, 5.74) is 0.802. The van der Waals surface area contributed by atoms with Gasteiger partial charge in [-0.3, -0.25) is 0 Å². The van der Waals surface area contributed by atoms with Gasteiger partial charge in [-0.25, -0.2) is 13.5 Å². The first kappa shape index (κ1) is 12.9. The molecule has 2 aromatic carbocycles. The summed E-state index contributed by atoms with van der Waals surface area (Å²) in [6, 6.07) is 13.5. The Morgan fingerprint density at radius 3 is 2.57 bits per heavy atom.